The number of nitrogens with zero attached hydrogens (tertiary/aromatic N) is 5. The fourth-order valence-corrected chi connectivity index (χ4v) is 3.07. The molecule has 0 unspecified atom stereocenters. The van der Waals surface area contributed by atoms with Crippen molar-refractivity contribution in [1.82, 2.24) is 24.7 Å². The molecule has 2 heterocycles. The highest BCUT2D eigenvalue weighted by molar-refractivity contribution is 7.99. The summed E-state index contributed by atoms with van der Waals surface area (Å²) in [5, 5.41) is 10.6. The minimum atomic E-state index is 0.586. The van der Waals surface area contributed by atoms with Crippen LogP contribution in [0.4, 0.5) is 0 Å². The second-order valence-corrected chi connectivity index (χ2v) is 6.17. The highest BCUT2D eigenvalue weighted by atomic mass is 35.5. The van der Waals surface area contributed by atoms with E-state index < -0.39 is 0 Å². The molecule has 0 saturated carbocycles. The lowest BCUT2D eigenvalue weighted by molar-refractivity contribution is 0.728. The standard InChI is InChI=1S/C16H14ClN5S/c1-3-9-22-14(12-5-4-6-13(17)10-12)20-21-16(22)23-15-18-8-7-11(2)19-15/h3-8,10H,1,9H2,2H3. The van der Waals surface area contributed by atoms with Gasteiger partial charge >= 0.3 is 0 Å². The van der Waals surface area contributed by atoms with Crippen molar-refractivity contribution in [2.24, 2.45) is 0 Å². The predicted molar refractivity (Wildman–Crippen MR) is 91.6 cm³/mol. The molecule has 7 heteroatoms. The summed E-state index contributed by atoms with van der Waals surface area (Å²) >= 11 is 7.45. The quantitative estimate of drug-likeness (QED) is 0.517. The number of rotatable bonds is 5. The van der Waals surface area contributed by atoms with Crippen LogP contribution >= 0.6 is 23.4 Å². The highest BCUT2D eigenvalue weighted by Crippen LogP contribution is 2.28. The molecular weight excluding hydrogens is 330 g/mol. The molecule has 0 aliphatic rings. The van der Waals surface area contributed by atoms with Gasteiger partial charge in [-0.2, -0.15) is 0 Å². The minimum Gasteiger partial charge on any atom is -0.298 e. The van der Waals surface area contributed by atoms with Gasteiger partial charge in [0.2, 0.25) is 0 Å². The first-order valence-corrected chi connectivity index (χ1v) is 8.14. The number of aromatic nitrogens is 5. The first-order valence-electron chi connectivity index (χ1n) is 6.95. The molecule has 0 saturated heterocycles. The summed E-state index contributed by atoms with van der Waals surface area (Å²) in [4.78, 5) is 8.65. The van der Waals surface area contributed by atoms with E-state index in [-0.39, 0.29) is 0 Å². The third kappa shape index (κ3) is 3.60. The first kappa shape index (κ1) is 15.7. The van der Waals surface area contributed by atoms with Crippen molar-refractivity contribution in [3.8, 4) is 11.4 Å². The SMILES string of the molecule is C=CCn1c(Sc2nccc(C)n2)nnc1-c1cccc(Cl)c1. The molecule has 0 N–H and O–H groups in total. The molecule has 0 bridgehead atoms. The average molecular weight is 344 g/mol. The molecule has 116 valence electrons. The maximum absolute atomic E-state index is 6.08. The Labute approximate surface area is 143 Å². The molecule has 2 aromatic heterocycles. The zero-order valence-corrected chi connectivity index (χ0v) is 14.1. The molecule has 5 nitrogen and oxygen atoms in total. The van der Waals surface area contributed by atoms with Gasteiger partial charge in [0, 0.05) is 29.0 Å². The molecule has 3 rings (SSSR count). The Morgan fingerprint density at radius 1 is 1.30 bits per heavy atom. The Balaban J connectivity index is 2.00. The summed E-state index contributed by atoms with van der Waals surface area (Å²) in [7, 11) is 0. The monoisotopic (exact) mass is 343 g/mol. The van der Waals surface area contributed by atoms with E-state index in [4.69, 9.17) is 11.6 Å². The third-order valence-electron chi connectivity index (χ3n) is 3.07. The molecular formula is C16H14ClN5S. The summed E-state index contributed by atoms with van der Waals surface area (Å²) in [5.74, 6) is 0.738. The number of aryl methyl sites for hydroxylation is 1. The van der Waals surface area contributed by atoms with E-state index in [1.165, 1.54) is 11.8 Å². The van der Waals surface area contributed by atoms with E-state index in [1.807, 2.05) is 41.8 Å². The molecule has 1 aromatic carbocycles. The summed E-state index contributed by atoms with van der Waals surface area (Å²) < 4.78 is 1.97. The third-order valence-corrected chi connectivity index (χ3v) is 4.17. The Morgan fingerprint density at radius 3 is 2.91 bits per heavy atom. The van der Waals surface area contributed by atoms with Gasteiger partial charge in [0.1, 0.15) is 0 Å². The summed E-state index contributed by atoms with van der Waals surface area (Å²) in [6.07, 6.45) is 3.54. The van der Waals surface area contributed by atoms with Gasteiger partial charge in [-0.3, -0.25) is 4.57 Å². The van der Waals surface area contributed by atoms with E-state index >= 15 is 0 Å². The predicted octanol–water partition coefficient (Wildman–Crippen LogP) is 4.03. The second kappa shape index (κ2) is 6.93. The molecule has 3 aromatic rings. The molecule has 0 spiro atoms. The van der Waals surface area contributed by atoms with E-state index in [9.17, 15) is 0 Å². The minimum absolute atomic E-state index is 0.586. The van der Waals surface area contributed by atoms with Crippen LogP contribution in [0.25, 0.3) is 11.4 Å². The summed E-state index contributed by atoms with van der Waals surface area (Å²) in [6, 6.07) is 9.39. The Morgan fingerprint density at radius 2 is 2.17 bits per heavy atom. The summed E-state index contributed by atoms with van der Waals surface area (Å²) in [5.41, 5.74) is 1.82. The average Bonchev–Trinajstić information content (AvgIpc) is 2.91. The van der Waals surface area contributed by atoms with Gasteiger partial charge in [-0.15, -0.1) is 16.8 Å². The number of hydrogen-bond acceptors (Lipinski definition) is 5. The van der Waals surface area contributed by atoms with Gasteiger partial charge < -0.3 is 0 Å². The molecule has 23 heavy (non-hydrogen) atoms. The molecule has 0 aliphatic carbocycles. The number of halogens is 1. The van der Waals surface area contributed by atoms with Gasteiger partial charge in [0.25, 0.3) is 0 Å². The van der Waals surface area contributed by atoms with E-state index in [0.717, 1.165) is 17.1 Å². The molecule has 0 amide bonds. The van der Waals surface area contributed by atoms with Crippen LogP contribution in [-0.4, -0.2) is 24.7 Å². The highest BCUT2D eigenvalue weighted by Gasteiger charge is 2.15. The van der Waals surface area contributed by atoms with Gasteiger partial charge in [0.05, 0.1) is 0 Å². The normalized spacial score (nSPS) is 10.7. The number of allylic oxidation sites excluding steroid dienone is 1. The zero-order valence-electron chi connectivity index (χ0n) is 12.5. The van der Waals surface area contributed by atoms with Crippen molar-refractivity contribution in [1.29, 1.82) is 0 Å². The van der Waals surface area contributed by atoms with Gasteiger partial charge in [-0.05, 0) is 36.9 Å². The van der Waals surface area contributed by atoms with E-state index in [1.54, 1.807) is 12.3 Å². The van der Waals surface area contributed by atoms with Crippen LogP contribution in [0.2, 0.25) is 5.02 Å². The lowest BCUT2D eigenvalue weighted by Gasteiger charge is -2.07. The van der Waals surface area contributed by atoms with Gasteiger partial charge in [-0.25, -0.2) is 9.97 Å². The molecule has 0 radical (unpaired) electrons. The number of hydrogen-bond donors (Lipinski definition) is 0. The lowest BCUT2D eigenvalue weighted by Crippen LogP contribution is -2.01. The Kier molecular flexibility index (Phi) is 4.73. The smallest absolute Gasteiger partial charge is 0.199 e. The van der Waals surface area contributed by atoms with Crippen molar-refractivity contribution in [2.45, 2.75) is 23.8 Å². The van der Waals surface area contributed by atoms with Crippen LogP contribution in [0.1, 0.15) is 5.69 Å². The van der Waals surface area contributed by atoms with Crippen molar-refractivity contribution in [2.75, 3.05) is 0 Å². The second-order valence-electron chi connectivity index (χ2n) is 4.80. The van der Waals surface area contributed by atoms with Crippen LogP contribution in [-0.2, 0) is 6.54 Å². The zero-order chi connectivity index (χ0) is 16.2. The van der Waals surface area contributed by atoms with Gasteiger partial charge in [-0.1, -0.05) is 29.8 Å². The van der Waals surface area contributed by atoms with Crippen LogP contribution in [0, 0.1) is 6.92 Å². The van der Waals surface area contributed by atoms with Crippen molar-refractivity contribution in [3.63, 3.8) is 0 Å². The van der Waals surface area contributed by atoms with Gasteiger partial charge in [0.15, 0.2) is 16.1 Å². The van der Waals surface area contributed by atoms with E-state index in [2.05, 4.69) is 26.7 Å². The topological polar surface area (TPSA) is 56.5 Å². The van der Waals surface area contributed by atoms with Crippen LogP contribution in [0.15, 0.2) is 59.5 Å². The van der Waals surface area contributed by atoms with Crippen molar-refractivity contribution >= 4 is 23.4 Å². The van der Waals surface area contributed by atoms with E-state index in [0.29, 0.717) is 21.9 Å². The lowest BCUT2D eigenvalue weighted by atomic mass is 10.2. The molecule has 0 aliphatic heterocycles. The fraction of sp³-hybridized carbons (Fsp3) is 0.125. The van der Waals surface area contributed by atoms with Crippen molar-refractivity contribution in [3.05, 3.63) is 59.9 Å². The molecule has 0 atom stereocenters. The maximum atomic E-state index is 6.08. The van der Waals surface area contributed by atoms with Crippen molar-refractivity contribution < 1.29 is 0 Å². The largest absolute Gasteiger partial charge is 0.298 e. The summed E-state index contributed by atoms with van der Waals surface area (Å²) in [6.45, 7) is 6.32. The van der Waals surface area contributed by atoms with Crippen LogP contribution in [0.3, 0.4) is 0 Å². The molecule has 0 fully saturated rings. The fourth-order valence-electron chi connectivity index (χ4n) is 2.06. The van der Waals surface area contributed by atoms with Crippen LogP contribution < -0.4 is 0 Å². The van der Waals surface area contributed by atoms with Crippen LogP contribution in [0.5, 0.6) is 0 Å². The number of benzene rings is 1. The maximum Gasteiger partial charge on any atom is 0.199 e. The Bertz CT molecular complexity index is 846. The Hall–Kier alpha value is -2.18. The first-order chi connectivity index (χ1) is 11.2.